The van der Waals surface area contributed by atoms with Gasteiger partial charge in [-0.25, -0.2) is 0 Å². The number of likely N-dealkylation sites (tertiary alicyclic amines) is 1. The lowest BCUT2D eigenvalue weighted by atomic mass is 9.93. The van der Waals surface area contributed by atoms with Crippen LogP contribution >= 0.6 is 24.0 Å². The van der Waals surface area contributed by atoms with Crippen molar-refractivity contribution in [1.82, 2.24) is 20.5 Å². The van der Waals surface area contributed by atoms with Crippen LogP contribution < -0.4 is 10.6 Å². The largest absolute Gasteiger partial charge is 0.359 e. The number of hydrogen-bond donors (Lipinski definition) is 2. The summed E-state index contributed by atoms with van der Waals surface area (Å²) < 4.78 is 0. The van der Waals surface area contributed by atoms with Crippen molar-refractivity contribution in [2.45, 2.75) is 25.8 Å². The van der Waals surface area contributed by atoms with E-state index in [0.29, 0.717) is 18.9 Å². The van der Waals surface area contributed by atoms with Crippen LogP contribution in [0.1, 0.15) is 24.8 Å². The molecule has 0 unspecified atom stereocenters. The molecule has 2 heterocycles. The summed E-state index contributed by atoms with van der Waals surface area (Å²) in [5.41, 5.74) is 2.20. The average Bonchev–Trinajstić information content (AvgIpc) is 2.69. The third kappa shape index (κ3) is 5.54. The molecule has 2 aromatic rings. The molecule has 0 atom stereocenters. The molecule has 0 bridgehead atoms. The molecule has 27 heavy (non-hydrogen) atoms. The number of pyridine rings is 1. The van der Waals surface area contributed by atoms with E-state index in [1.807, 2.05) is 19.3 Å². The van der Waals surface area contributed by atoms with Gasteiger partial charge in [-0.1, -0.05) is 24.3 Å². The van der Waals surface area contributed by atoms with Gasteiger partial charge < -0.3 is 15.5 Å². The van der Waals surface area contributed by atoms with Crippen LogP contribution in [0.25, 0.3) is 10.9 Å². The molecular formula is C20H28IN5O. The van der Waals surface area contributed by atoms with E-state index in [9.17, 15) is 4.79 Å². The molecule has 1 saturated heterocycles. The van der Waals surface area contributed by atoms with Crippen molar-refractivity contribution in [3.05, 3.63) is 42.1 Å². The summed E-state index contributed by atoms with van der Waals surface area (Å²) in [6, 6.07) is 10.3. The van der Waals surface area contributed by atoms with E-state index < -0.39 is 0 Å². The number of piperidine rings is 1. The van der Waals surface area contributed by atoms with Crippen LogP contribution in [0.4, 0.5) is 0 Å². The fraction of sp³-hybridized carbons (Fsp3) is 0.450. The standard InChI is InChI=1S/C20H27N5O.HI/c1-21-18(26)13-15-8-11-25(12-9-15)20(22-2)24-14-17-6-3-5-16-7-4-10-23-19(16)17;/h3-7,10,15H,8-9,11-14H2,1-2H3,(H,21,26)(H,22,24);1H. The number of aromatic nitrogens is 1. The van der Waals surface area contributed by atoms with E-state index in [0.717, 1.165) is 42.8 Å². The number of para-hydroxylation sites is 1. The van der Waals surface area contributed by atoms with Gasteiger partial charge in [-0.15, -0.1) is 24.0 Å². The van der Waals surface area contributed by atoms with Crippen LogP contribution in [0.2, 0.25) is 0 Å². The molecule has 1 aliphatic rings. The molecule has 0 radical (unpaired) electrons. The van der Waals surface area contributed by atoms with Crippen LogP contribution in [-0.4, -0.2) is 48.9 Å². The Labute approximate surface area is 177 Å². The Kier molecular flexibility index (Phi) is 8.27. The van der Waals surface area contributed by atoms with Crippen molar-refractivity contribution in [3.8, 4) is 0 Å². The highest BCUT2D eigenvalue weighted by molar-refractivity contribution is 14.0. The number of carbonyl (C=O) groups is 1. The van der Waals surface area contributed by atoms with Gasteiger partial charge in [-0.2, -0.15) is 0 Å². The zero-order valence-corrected chi connectivity index (χ0v) is 18.3. The lowest BCUT2D eigenvalue weighted by Gasteiger charge is -2.34. The van der Waals surface area contributed by atoms with Crippen molar-refractivity contribution in [2.75, 3.05) is 27.2 Å². The predicted molar refractivity (Wildman–Crippen MR) is 120 cm³/mol. The van der Waals surface area contributed by atoms with Gasteiger partial charge in [0.25, 0.3) is 0 Å². The molecule has 2 N–H and O–H groups in total. The predicted octanol–water partition coefficient (Wildman–Crippen LogP) is 2.78. The Balaban J connectivity index is 0.00000261. The topological polar surface area (TPSA) is 69.6 Å². The molecule has 1 aromatic heterocycles. The van der Waals surface area contributed by atoms with Gasteiger partial charge in [0, 0.05) is 51.7 Å². The molecule has 1 aromatic carbocycles. The van der Waals surface area contributed by atoms with E-state index in [-0.39, 0.29) is 29.9 Å². The molecular weight excluding hydrogens is 453 g/mol. The first-order valence-corrected chi connectivity index (χ1v) is 9.20. The van der Waals surface area contributed by atoms with Crippen molar-refractivity contribution in [3.63, 3.8) is 0 Å². The molecule has 0 spiro atoms. The highest BCUT2D eigenvalue weighted by Crippen LogP contribution is 2.21. The number of nitrogens with one attached hydrogen (secondary N) is 2. The van der Waals surface area contributed by atoms with Crippen LogP contribution in [0, 0.1) is 5.92 Å². The van der Waals surface area contributed by atoms with Gasteiger partial charge in [-0.3, -0.25) is 14.8 Å². The SMILES string of the molecule is CN=C(NCc1cccc2cccnc12)N1CCC(CC(=O)NC)CC1.I. The lowest BCUT2D eigenvalue weighted by Crippen LogP contribution is -2.45. The molecule has 0 aliphatic carbocycles. The van der Waals surface area contributed by atoms with E-state index in [2.05, 4.69) is 49.8 Å². The number of benzene rings is 1. The number of rotatable bonds is 4. The van der Waals surface area contributed by atoms with E-state index in [1.165, 1.54) is 5.56 Å². The van der Waals surface area contributed by atoms with Crippen LogP contribution in [0.3, 0.4) is 0 Å². The van der Waals surface area contributed by atoms with Gasteiger partial charge in [-0.05, 0) is 30.4 Å². The number of nitrogens with zero attached hydrogens (tertiary/aromatic N) is 3. The first-order valence-electron chi connectivity index (χ1n) is 9.20. The van der Waals surface area contributed by atoms with E-state index in [4.69, 9.17) is 0 Å². The number of fused-ring (bicyclic) bond motifs is 1. The summed E-state index contributed by atoms with van der Waals surface area (Å²) in [7, 11) is 3.52. The quantitative estimate of drug-likeness (QED) is 0.401. The fourth-order valence-electron chi connectivity index (χ4n) is 3.53. The Bertz CT molecular complexity index is 782. The summed E-state index contributed by atoms with van der Waals surface area (Å²) >= 11 is 0. The first kappa shape index (κ1) is 21.4. The molecule has 7 heteroatoms. The minimum atomic E-state index is 0. The van der Waals surface area contributed by atoms with Crippen molar-refractivity contribution >= 4 is 46.7 Å². The Morgan fingerprint density at radius 3 is 2.70 bits per heavy atom. The van der Waals surface area contributed by atoms with Gasteiger partial charge in [0.15, 0.2) is 5.96 Å². The van der Waals surface area contributed by atoms with Gasteiger partial charge >= 0.3 is 0 Å². The minimum absolute atomic E-state index is 0. The normalized spacial score (nSPS) is 15.3. The summed E-state index contributed by atoms with van der Waals surface area (Å²) in [4.78, 5) is 22.8. The fourth-order valence-corrected chi connectivity index (χ4v) is 3.53. The van der Waals surface area contributed by atoms with Crippen molar-refractivity contribution < 1.29 is 4.79 Å². The van der Waals surface area contributed by atoms with Gasteiger partial charge in [0.05, 0.1) is 5.52 Å². The van der Waals surface area contributed by atoms with Crippen LogP contribution in [0.5, 0.6) is 0 Å². The van der Waals surface area contributed by atoms with Crippen molar-refractivity contribution in [1.29, 1.82) is 0 Å². The van der Waals surface area contributed by atoms with E-state index in [1.54, 1.807) is 7.05 Å². The third-order valence-corrected chi connectivity index (χ3v) is 5.03. The molecule has 1 amide bonds. The van der Waals surface area contributed by atoms with Crippen LogP contribution in [0.15, 0.2) is 41.5 Å². The molecule has 6 nitrogen and oxygen atoms in total. The van der Waals surface area contributed by atoms with E-state index >= 15 is 0 Å². The minimum Gasteiger partial charge on any atom is -0.359 e. The summed E-state index contributed by atoms with van der Waals surface area (Å²) in [5, 5.41) is 7.34. The second-order valence-corrected chi connectivity index (χ2v) is 6.70. The maximum atomic E-state index is 11.6. The van der Waals surface area contributed by atoms with Gasteiger partial charge in [0.1, 0.15) is 0 Å². The third-order valence-electron chi connectivity index (χ3n) is 5.03. The maximum absolute atomic E-state index is 11.6. The molecule has 3 rings (SSSR count). The summed E-state index contributed by atoms with van der Waals surface area (Å²) in [6.45, 7) is 2.55. The van der Waals surface area contributed by atoms with Crippen LogP contribution in [-0.2, 0) is 11.3 Å². The number of aliphatic imine (C=N–C) groups is 1. The molecule has 0 saturated carbocycles. The first-order chi connectivity index (χ1) is 12.7. The Hall–Kier alpha value is -1.90. The van der Waals surface area contributed by atoms with Gasteiger partial charge in [0.2, 0.25) is 5.91 Å². The number of hydrogen-bond acceptors (Lipinski definition) is 3. The maximum Gasteiger partial charge on any atom is 0.220 e. The lowest BCUT2D eigenvalue weighted by molar-refractivity contribution is -0.121. The summed E-state index contributed by atoms with van der Waals surface area (Å²) in [6.07, 6.45) is 4.49. The van der Waals surface area contributed by atoms with Crippen molar-refractivity contribution in [2.24, 2.45) is 10.9 Å². The molecule has 1 aliphatic heterocycles. The highest BCUT2D eigenvalue weighted by Gasteiger charge is 2.23. The summed E-state index contributed by atoms with van der Waals surface area (Å²) in [5.74, 6) is 1.51. The number of amides is 1. The Morgan fingerprint density at radius 1 is 1.26 bits per heavy atom. The monoisotopic (exact) mass is 481 g/mol. The average molecular weight is 481 g/mol. The molecule has 146 valence electrons. The number of carbonyl (C=O) groups excluding carboxylic acids is 1. The smallest absolute Gasteiger partial charge is 0.220 e. The highest BCUT2D eigenvalue weighted by atomic mass is 127. The second-order valence-electron chi connectivity index (χ2n) is 6.70. The zero-order chi connectivity index (χ0) is 18.4. The Morgan fingerprint density at radius 2 is 2.00 bits per heavy atom. The zero-order valence-electron chi connectivity index (χ0n) is 15.9. The second kappa shape index (κ2) is 10.4. The molecule has 1 fully saturated rings. The number of halogens is 1. The number of guanidine groups is 1.